The molecular weight excluding hydrogens is 272 g/mol. The third-order valence-electron chi connectivity index (χ3n) is 3.11. The first-order valence-corrected chi connectivity index (χ1v) is 7.87. The number of sulfonamides is 1. The maximum atomic E-state index is 11.2. The van der Waals surface area contributed by atoms with E-state index in [1.54, 1.807) is 12.1 Å². The molecule has 2 rings (SSSR count). The summed E-state index contributed by atoms with van der Waals surface area (Å²) in [5.74, 6) is 0. The van der Waals surface area contributed by atoms with Crippen molar-refractivity contribution >= 4 is 15.7 Å². The van der Waals surface area contributed by atoms with Crippen molar-refractivity contribution in [2.24, 2.45) is 5.14 Å². The van der Waals surface area contributed by atoms with E-state index >= 15 is 0 Å². The molecule has 3 N–H and O–H groups in total. The Morgan fingerprint density at radius 3 is 2.30 bits per heavy atom. The summed E-state index contributed by atoms with van der Waals surface area (Å²) in [6, 6.07) is 14.8. The number of benzene rings is 2. The monoisotopic (exact) mass is 290 g/mol. The Labute approximate surface area is 119 Å². The summed E-state index contributed by atoms with van der Waals surface area (Å²) < 4.78 is 22.4. The van der Waals surface area contributed by atoms with Gasteiger partial charge in [-0.3, -0.25) is 0 Å². The Bertz CT molecular complexity index is 694. The summed E-state index contributed by atoms with van der Waals surface area (Å²) in [5, 5.41) is 8.46. The molecule has 2 aromatic rings. The maximum Gasteiger partial charge on any atom is 0.238 e. The van der Waals surface area contributed by atoms with Crippen LogP contribution in [0.15, 0.2) is 53.4 Å². The summed E-state index contributed by atoms with van der Waals surface area (Å²) in [6.45, 7) is 4.06. The lowest BCUT2D eigenvalue weighted by molar-refractivity contribution is 0.597. The number of aryl methyl sites for hydroxylation is 1. The topological polar surface area (TPSA) is 72.2 Å². The van der Waals surface area contributed by atoms with Gasteiger partial charge in [-0.25, -0.2) is 13.6 Å². The van der Waals surface area contributed by atoms with Crippen LogP contribution in [0.3, 0.4) is 0 Å². The van der Waals surface area contributed by atoms with Crippen molar-refractivity contribution in [1.29, 1.82) is 0 Å². The predicted molar refractivity (Wildman–Crippen MR) is 81.0 cm³/mol. The fourth-order valence-electron chi connectivity index (χ4n) is 2.01. The summed E-state index contributed by atoms with van der Waals surface area (Å²) in [6.07, 6.45) is 0. The van der Waals surface area contributed by atoms with Crippen molar-refractivity contribution in [2.75, 3.05) is 5.32 Å². The van der Waals surface area contributed by atoms with Crippen LogP contribution >= 0.6 is 0 Å². The van der Waals surface area contributed by atoms with Crippen molar-refractivity contribution in [3.05, 3.63) is 59.7 Å². The van der Waals surface area contributed by atoms with Crippen molar-refractivity contribution in [3.63, 3.8) is 0 Å². The Morgan fingerprint density at radius 1 is 1.10 bits per heavy atom. The number of rotatable bonds is 4. The second-order valence-electron chi connectivity index (χ2n) is 4.85. The smallest absolute Gasteiger partial charge is 0.238 e. The lowest BCUT2D eigenvalue weighted by Crippen LogP contribution is -2.12. The van der Waals surface area contributed by atoms with Crippen molar-refractivity contribution in [1.82, 2.24) is 0 Å². The fourth-order valence-corrected chi connectivity index (χ4v) is 2.53. The molecule has 5 heteroatoms. The number of nitrogens with two attached hydrogens (primary N) is 1. The van der Waals surface area contributed by atoms with Gasteiger partial charge in [0.2, 0.25) is 10.0 Å². The quantitative estimate of drug-likeness (QED) is 0.909. The van der Waals surface area contributed by atoms with Gasteiger partial charge in [-0.1, -0.05) is 24.3 Å². The molecule has 0 aliphatic heterocycles. The van der Waals surface area contributed by atoms with Crippen LogP contribution in [-0.2, 0) is 10.0 Å². The van der Waals surface area contributed by atoms with Gasteiger partial charge in [-0.15, -0.1) is 0 Å². The fraction of sp³-hybridized carbons (Fsp3) is 0.200. The van der Waals surface area contributed by atoms with Gasteiger partial charge in [0.25, 0.3) is 0 Å². The molecule has 106 valence electrons. The van der Waals surface area contributed by atoms with Gasteiger partial charge in [-0.2, -0.15) is 0 Å². The molecule has 20 heavy (non-hydrogen) atoms. The van der Waals surface area contributed by atoms with Gasteiger partial charge in [-0.05, 0) is 49.2 Å². The van der Waals surface area contributed by atoms with Crippen LogP contribution in [0.25, 0.3) is 0 Å². The lowest BCUT2D eigenvalue weighted by atomic mass is 10.1. The first-order chi connectivity index (χ1) is 9.36. The van der Waals surface area contributed by atoms with Crippen LogP contribution in [0, 0.1) is 6.92 Å². The largest absolute Gasteiger partial charge is 0.379 e. The minimum Gasteiger partial charge on any atom is -0.379 e. The minimum atomic E-state index is -3.63. The van der Waals surface area contributed by atoms with E-state index < -0.39 is 10.0 Å². The van der Waals surface area contributed by atoms with E-state index in [1.165, 1.54) is 17.7 Å². The van der Waals surface area contributed by atoms with Crippen molar-refractivity contribution < 1.29 is 8.42 Å². The first kappa shape index (κ1) is 14.6. The highest BCUT2D eigenvalue weighted by atomic mass is 32.2. The van der Waals surface area contributed by atoms with Gasteiger partial charge in [0.05, 0.1) is 4.90 Å². The molecule has 0 radical (unpaired) electrons. The molecule has 0 saturated carbocycles. The summed E-state index contributed by atoms with van der Waals surface area (Å²) >= 11 is 0. The molecule has 1 atom stereocenters. The number of primary sulfonamides is 1. The number of anilines is 1. The summed E-state index contributed by atoms with van der Waals surface area (Å²) in [4.78, 5) is 0.129. The summed E-state index contributed by atoms with van der Waals surface area (Å²) in [7, 11) is -3.63. The SMILES string of the molecule is Cc1cccc(NC(C)c2ccc(S(N)(=O)=O)cc2)c1. The Morgan fingerprint density at radius 2 is 1.75 bits per heavy atom. The Hall–Kier alpha value is -1.85. The van der Waals surface area contributed by atoms with Crippen LogP contribution < -0.4 is 10.5 Å². The summed E-state index contributed by atoms with van der Waals surface area (Å²) in [5.41, 5.74) is 3.22. The van der Waals surface area contributed by atoms with Gasteiger partial charge in [0.1, 0.15) is 0 Å². The average molecular weight is 290 g/mol. The zero-order valence-corrected chi connectivity index (χ0v) is 12.3. The minimum absolute atomic E-state index is 0.0753. The molecule has 0 saturated heterocycles. The molecule has 0 fully saturated rings. The average Bonchev–Trinajstić information content (AvgIpc) is 2.38. The molecule has 4 nitrogen and oxygen atoms in total. The predicted octanol–water partition coefficient (Wildman–Crippen LogP) is 2.82. The highest BCUT2D eigenvalue weighted by Gasteiger charge is 2.09. The van der Waals surface area contributed by atoms with Gasteiger partial charge in [0.15, 0.2) is 0 Å². The standard InChI is InChI=1S/C15H18N2O2S/c1-11-4-3-5-14(10-11)17-12(2)13-6-8-15(9-7-13)20(16,18)19/h3-10,12,17H,1-2H3,(H2,16,18,19). The molecular formula is C15H18N2O2S. The van der Waals surface area contributed by atoms with E-state index in [4.69, 9.17) is 5.14 Å². The molecule has 2 aromatic carbocycles. The first-order valence-electron chi connectivity index (χ1n) is 6.32. The van der Waals surface area contributed by atoms with E-state index in [1.807, 2.05) is 32.0 Å². The molecule has 0 heterocycles. The van der Waals surface area contributed by atoms with E-state index in [-0.39, 0.29) is 10.9 Å². The molecule has 0 amide bonds. The Kier molecular flexibility index (Phi) is 4.11. The van der Waals surface area contributed by atoms with Crippen molar-refractivity contribution in [2.45, 2.75) is 24.8 Å². The van der Waals surface area contributed by atoms with Crippen LogP contribution in [0.5, 0.6) is 0 Å². The van der Waals surface area contributed by atoms with E-state index in [0.29, 0.717) is 0 Å². The van der Waals surface area contributed by atoms with E-state index in [2.05, 4.69) is 11.4 Å². The van der Waals surface area contributed by atoms with Crippen LogP contribution in [0.1, 0.15) is 24.1 Å². The Balaban J connectivity index is 2.15. The maximum absolute atomic E-state index is 11.2. The highest BCUT2D eigenvalue weighted by molar-refractivity contribution is 7.89. The molecule has 0 spiro atoms. The highest BCUT2D eigenvalue weighted by Crippen LogP contribution is 2.21. The normalized spacial score (nSPS) is 12.9. The second kappa shape index (κ2) is 5.64. The van der Waals surface area contributed by atoms with Gasteiger partial charge < -0.3 is 5.32 Å². The van der Waals surface area contributed by atoms with Gasteiger partial charge >= 0.3 is 0 Å². The van der Waals surface area contributed by atoms with Crippen LogP contribution in [0.4, 0.5) is 5.69 Å². The second-order valence-corrected chi connectivity index (χ2v) is 6.41. The molecule has 1 unspecified atom stereocenters. The number of hydrogen-bond donors (Lipinski definition) is 2. The van der Waals surface area contributed by atoms with Crippen LogP contribution in [0.2, 0.25) is 0 Å². The molecule has 0 aliphatic carbocycles. The van der Waals surface area contributed by atoms with Crippen molar-refractivity contribution in [3.8, 4) is 0 Å². The lowest BCUT2D eigenvalue weighted by Gasteiger charge is -2.16. The third-order valence-corrected chi connectivity index (χ3v) is 4.04. The number of nitrogens with one attached hydrogen (secondary N) is 1. The van der Waals surface area contributed by atoms with Crippen LogP contribution in [-0.4, -0.2) is 8.42 Å². The third kappa shape index (κ3) is 3.59. The van der Waals surface area contributed by atoms with E-state index in [0.717, 1.165) is 11.3 Å². The van der Waals surface area contributed by atoms with Gasteiger partial charge in [0, 0.05) is 11.7 Å². The zero-order chi connectivity index (χ0) is 14.8. The zero-order valence-electron chi connectivity index (χ0n) is 11.5. The number of hydrogen-bond acceptors (Lipinski definition) is 3. The molecule has 0 aliphatic rings. The molecule has 0 bridgehead atoms. The molecule has 0 aromatic heterocycles. The van der Waals surface area contributed by atoms with E-state index in [9.17, 15) is 8.42 Å².